The molecule has 5 heteroatoms. The van der Waals surface area contributed by atoms with Crippen LogP contribution in [0.2, 0.25) is 0 Å². The Hall–Kier alpha value is -3.05. The first-order valence-corrected chi connectivity index (χ1v) is 9.55. The highest BCUT2D eigenvalue weighted by Crippen LogP contribution is 2.21. The minimum Gasteiger partial charge on any atom is -0.457 e. The topological polar surface area (TPSA) is 60.0 Å². The molecule has 3 aromatic rings. The summed E-state index contributed by atoms with van der Waals surface area (Å²) in [4.78, 5) is 0. The van der Waals surface area contributed by atoms with E-state index < -0.39 is 0 Å². The van der Waals surface area contributed by atoms with E-state index in [-0.39, 0.29) is 0 Å². The fourth-order valence-electron chi connectivity index (χ4n) is 2.28. The highest BCUT2D eigenvalue weighted by Gasteiger charge is 1.98. The monoisotopic (exact) mass is 375 g/mol. The number of aryl methyl sites for hydroxylation is 1. The number of hydrogen-bond acceptors (Lipinski definition) is 4. The van der Waals surface area contributed by atoms with Crippen molar-refractivity contribution < 1.29 is 4.74 Å². The lowest BCUT2D eigenvalue weighted by Gasteiger charge is -2.05. The summed E-state index contributed by atoms with van der Waals surface area (Å²) in [5.74, 6) is 2.36. The zero-order chi connectivity index (χ0) is 18.9. The Kier molecular flexibility index (Phi) is 6.66. The summed E-state index contributed by atoms with van der Waals surface area (Å²) < 4.78 is 5.81. The molecule has 0 atom stereocenters. The average molecular weight is 375 g/mol. The molecule has 0 amide bonds. The quantitative estimate of drug-likeness (QED) is 0.358. The molecule has 0 fully saturated rings. The maximum atomic E-state index is 5.89. The summed E-state index contributed by atoms with van der Waals surface area (Å²) in [6.45, 7) is 2.05. The van der Waals surface area contributed by atoms with Gasteiger partial charge in [-0.25, -0.2) is 0 Å². The minimum atomic E-state index is 0.439. The van der Waals surface area contributed by atoms with Gasteiger partial charge in [-0.2, -0.15) is 5.10 Å². The molecular formula is C22H21N3OS. The predicted molar refractivity (Wildman–Crippen MR) is 115 cm³/mol. The van der Waals surface area contributed by atoms with Crippen molar-refractivity contribution in [1.82, 2.24) is 0 Å². The second-order valence-corrected chi connectivity index (χ2v) is 6.94. The van der Waals surface area contributed by atoms with Crippen LogP contribution in [-0.4, -0.2) is 11.4 Å². The molecule has 2 N–H and O–H groups in total. The Morgan fingerprint density at radius 3 is 2.22 bits per heavy atom. The standard InChI is InChI=1S/C22H21N3OS/c1-17-7-11-20(12-8-17)26-21-13-9-18(10-14-21)15-24-25-22(23)27-16-19-5-3-2-4-6-19/h2-15H,16H2,1H3,(H2,23,25). The SMILES string of the molecule is Cc1ccc(Oc2ccc(C=NN=C(N)SCc3ccccc3)cc2)cc1. The van der Waals surface area contributed by atoms with Gasteiger partial charge >= 0.3 is 0 Å². The van der Waals surface area contributed by atoms with Gasteiger partial charge < -0.3 is 10.5 Å². The molecule has 0 aliphatic heterocycles. The van der Waals surface area contributed by atoms with E-state index in [9.17, 15) is 0 Å². The Morgan fingerprint density at radius 1 is 0.926 bits per heavy atom. The van der Waals surface area contributed by atoms with Crippen molar-refractivity contribution in [2.45, 2.75) is 12.7 Å². The second-order valence-electron chi connectivity index (χ2n) is 5.94. The second kappa shape index (κ2) is 9.59. The summed E-state index contributed by atoms with van der Waals surface area (Å²) in [5.41, 5.74) is 9.22. The van der Waals surface area contributed by atoms with Crippen molar-refractivity contribution in [2.75, 3.05) is 0 Å². The van der Waals surface area contributed by atoms with Crippen molar-refractivity contribution in [3.05, 3.63) is 95.6 Å². The lowest BCUT2D eigenvalue weighted by atomic mass is 10.2. The highest BCUT2D eigenvalue weighted by atomic mass is 32.2. The molecule has 0 aromatic heterocycles. The Morgan fingerprint density at radius 2 is 1.56 bits per heavy atom. The molecule has 0 spiro atoms. The maximum Gasteiger partial charge on any atom is 0.180 e. The molecule has 4 nitrogen and oxygen atoms in total. The number of nitrogens with zero attached hydrogens (tertiary/aromatic N) is 2. The van der Waals surface area contributed by atoms with E-state index in [1.54, 1.807) is 6.21 Å². The van der Waals surface area contributed by atoms with Crippen molar-refractivity contribution in [3.63, 3.8) is 0 Å². The molecule has 0 bridgehead atoms. The van der Waals surface area contributed by atoms with Crippen molar-refractivity contribution in [3.8, 4) is 11.5 Å². The molecule has 0 aliphatic rings. The zero-order valence-corrected chi connectivity index (χ0v) is 15.9. The Bertz CT molecular complexity index is 905. The van der Waals surface area contributed by atoms with Crippen LogP contribution < -0.4 is 10.5 Å². The van der Waals surface area contributed by atoms with Crippen molar-refractivity contribution in [2.24, 2.45) is 15.9 Å². The number of hydrogen-bond donors (Lipinski definition) is 1. The van der Waals surface area contributed by atoms with Gasteiger partial charge in [-0.15, -0.1) is 5.10 Å². The first-order valence-electron chi connectivity index (χ1n) is 8.57. The van der Waals surface area contributed by atoms with Gasteiger partial charge in [0.2, 0.25) is 0 Å². The van der Waals surface area contributed by atoms with E-state index in [1.165, 1.54) is 22.9 Å². The number of amidine groups is 1. The Balaban J connectivity index is 1.51. The van der Waals surface area contributed by atoms with E-state index in [0.29, 0.717) is 5.17 Å². The van der Waals surface area contributed by atoms with Crippen LogP contribution in [-0.2, 0) is 5.75 Å². The predicted octanol–water partition coefficient (Wildman–Crippen LogP) is 5.37. The average Bonchev–Trinajstić information content (AvgIpc) is 2.70. The first kappa shape index (κ1) is 18.7. The van der Waals surface area contributed by atoms with Crippen LogP contribution in [0.15, 0.2) is 89.1 Å². The molecule has 27 heavy (non-hydrogen) atoms. The number of thioether (sulfide) groups is 1. The van der Waals surface area contributed by atoms with Crippen LogP contribution in [0.4, 0.5) is 0 Å². The molecule has 3 rings (SSSR count). The highest BCUT2D eigenvalue weighted by molar-refractivity contribution is 8.13. The minimum absolute atomic E-state index is 0.439. The van der Waals surface area contributed by atoms with Crippen LogP contribution in [0, 0.1) is 6.92 Å². The molecule has 0 radical (unpaired) electrons. The van der Waals surface area contributed by atoms with Crippen molar-refractivity contribution >= 4 is 23.1 Å². The van der Waals surface area contributed by atoms with Gasteiger partial charge in [-0.05, 0) is 54.4 Å². The van der Waals surface area contributed by atoms with E-state index in [0.717, 1.165) is 22.8 Å². The normalized spacial score (nSPS) is 11.7. The van der Waals surface area contributed by atoms with Gasteiger partial charge in [-0.1, -0.05) is 59.8 Å². The summed E-state index contributed by atoms with van der Waals surface area (Å²) in [6.07, 6.45) is 1.67. The molecular weight excluding hydrogens is 354 g/mol. The Labute approximate surface area is 163 Å². The maximum absolute atomic E-state index is 5.89. The number of benzene rings is 3. The van der Waals surface area contributed by atoms with Gasteiger partial charge in [0.1, 0.15) is 11.5 Å². The van der Waals surface area contributed by atoms with Crippen LogP contribution in [0.5, 0.6) is 11.5 Å². The largest absolute Gasteiger partial charge is 0.457 e. The van der Waals surface area contributed by atoms with E-state index in [2.05, 4.69) is 22.3 Å². The molecule has 0 aliphatic carbocycles. The third kappa shape index (κ3) is 6.31. The number of ether oxygens (including phenoxy) is 1. The molecule has 136 valence electrons. The summed E-state index contributed by atoms with van der Waals surface area (Å²) in [6, 6.07) is 25.7. The summed E-state index contributed by atoms with van der Waals surface area (Å²) in [5, 5.41) is 8.52. The smallest absolute Gasteiger partial charge is 0.180 e. The van der Waals surface area contributed by atoms with Crippen LogP contribution >= 0.6 is 11.8 Å². The molecule has 0 saturated heterocycles. The van der Waals surface area contributed by atoms with Crippen molar-refractivity contribution in [1.29, 1.82) is 0 Å². The third-order valence-electron chi connectivity index (χ3n) is 3.73. The van der Waals surface area contributed by atoms with E-state index in [1.807, 2.05) is 73.7 Å². The van der Waals surface area contributed by atoms with Gasteiger partial charge in [0.15, 0.2) is 5.17 Å². The van der Waals surface area contributed by atoms with E-state index in [4.69, 9.17) is 10.5 Å². The van der Waals surface area contributed by atoms with Crippen LogP contribution in [0.1, 0.15) is 16.7 Å². The zero-order valence-electron chi connectivity index (χ0n) is 15.1. The lowest BCUT2D eigenvalue weighted by Crippen LogP contribution is -2.05. The lowest BCUT2D eigenvalue weighted by molar-refractivity contribution is 0.482. The molecule has 0 saturated carbocycles. The fraction of sp³-hybridized carbons (Fsp3) is 0.0909. The molecule has 0 heterocycles. The molecule has 3 aromatic carbocycles. The van der Waals surface area contributed by atoms with Gasteiger partial charge in [0, 0.05) is 5.75 Å². The van der Waals surface area contributed by atoms with E-state index >= 15 is 0 Å². The van der Waals surface area contributed by atoms with Crippen LogP contribution in [0.3, 0.4) is 0 Å². The van der Waals surface area contributed by atoms with Crippen LogP contribution in [0.25, 0.3) is 0 Å². The summed E-state index contributed by atoms with van der Waals surface area (Å²) >= 11 is 1.46. The van der Waals surface area contributed by atoms with Gasteiger partial charge in [0.05, 0.1) is 6.21 Å². The number of nitrogens with two attached hydrogens (primary N) is 1. The summed E-state index contributed by atoms with van der Waals surface area (Å²) in [7, 11) is 0. The first-order chi connectivity index (χ1) is 13.2. The van der Waals surface area contributed by atoms with Gasteiger partial charge in [-0.3, -0.25) is 0 Å². The number of rotatable bonds is 6. The third-order valence-corrected chi connectivity index (χ3v) is 4.58. The molecule has 0 unspecified atom stereocenters. The fourth-order valence-corrected chi connectivity index (χ4v) is 2.89. The van der Waals surface area contributed by atoms with Gasteiger partial charge in [0.25, 0.3) is 0 Å².